The molecule has 0 bridgehead atoms. The number of amides is 1. The van der Waals surface area contributed by atoms with Gasteiger partial charge in [0.15, 0.2) is 0 Å². The number of methoxy groups -OCH3 is 1. The van der Waals surface area contributed by atoms with Gasteiger partial charge in [-0.3, -0.25) is 4.79 Å². The number of rotatable bonds is 4. The average Bonchev–Trinajstić information content (AvgIpc) is 2.90. The molecule has 1 aromatic rings. The monoisotopic (exact) mass is 262 g/mol. The number of hydrogen-bond donors (Lipinski definition) is 2. The Morgan fingerprint density at radius 1 is 1.47 bits per heavy atom. The highest BCUT2D eigenvalue weighted by Crippen LogP contribution is 2.15. The van der Waals surface area contributed by atoms with Crippen LogP contribution < -0.4 is 10.6 Å². The third-order valence-electron chi connectivity index (χ3n) is 3.20. The Morgan fingerprint density at radius 2 is 2.32 bits per heavy atom. The third-order valence-corrected chi connectivity index (χ3v) is 3.20. The van der Waals surface area contributed by atoms with Gasteiger partial charge in [-0.15, -0.1) is 0 Å². The number of carbonyl (C=O) groups excluding carboxylic acids is 2. The second-order valence-electron chi connectivity index (χ2n) is 4.68. The lowest BCUT2D eigenvalue weighted by molar-refractivity contribution is -0.116. The lowest BCUT2D eigenvalue weighted by atomic mass is 10.0. The predicted octanol–water partition coefficient (Wildman–Crippen LogP) is 1.41. The van der Waals surface area contributed by atoms with Crippen LogP contribution in [0.2, 0.25) is 0 Å². The Morgan fingerprint density at radius 3 is 3.00 bits per heavy atom. The van der Waals surface area contributed by atoms with Crippen LogP contribution in [0, 0.1) is 5.92 Å². The fourth-order valence-electron chi connectivity index (χ4n) is 2.20. The van der Waals surface area contributed by atoms with Crippen LogP contribution in [0.4, 0.5) is 5.69 Å². The normalized spacial score (nSPS) is 18.1. The molecule has 5 heteroatoms. The molecule has 0 spiro atoms. The first-order valence-electron chi connectivity index (χ1n) is 6.38. The largest absolute Gasteiger partial charge is 0.465 e. The van der Waals surface area contributed by atoms with Gasteiger partial charge in [0, 0.05) is 12.1 Å². The summed E-state index contributed by atoms with van der Waals surface area (Å²) in [5.74, 6) is -0.0180. The molecule has 1 fully saturated rings. The number of anilines is 1. The van der Waals surface area contributed by atoms with Gasteiger partial charge in [0.25, 0.3) is 0 Å². The van der Waals surface area contributed by atoms with Crippen molar-refractivity contribution in [2.75, 3.05) is 25.5 Å². The summed E-state index contributed by atoms with van der Waals surface area (Å²) in [6.45, 7) is 1.88. The molecule has 102 valence electrons. The van der Waals surface area contributed by atoms with Crippen molar-refractivity contribution in [3.63, 3.8) is 0 Å². The van der Waals surface area contributed by atoms with Crippen molar-refractivity contribution in [3.8, 4) is 0 Å². The fraction of sp³-hybridized carbons (Fsp3) is 0.429. The second kappa shape index (κ2) is 6.33. The van der Waals surface area contributed by atoms with E-state index < -0.39 is 5.97 Å². The summed E-state index contributed by atoms with van der Waals surface area (Å²) in [7, 11) is 1.33. The zero-order chi connectivity index (χ0) is 13.7. The van der Waals surface area contributed by atoms with Gasteiger partial charge in [0.05, 0.1) is 12.7 Å². The van der Waals surface area contributed by atoms with Gasteiger partial charge in [-0.1, -0.05) is 6.07 Å². The summed E-state index contributed by atoms with van der Waals surface area (Å²) in [6, 6.07) is 6.76. The highest BCUT2D eigenvalue weighted by atomic mass is 16.5. The van der Waals surface area contributed by atoms with E-state index in [1.807, 2.05) is 0 Å². The van der Waals surface area contributed by atoms with Crippen molar-refractivity contribution < 1.29 is 14.3 Å². The van der Waals surface area contributed by atoms with Gasteiger partial charge < -0.3 is 15.4 Å². The minimum atomic E-state index is -0.406. The number of carbonyl (C=O) groups is 2. The third kappa shape index (κ3) is 3.79. The number of benzene rings is 1. The molecule has 1 heterocycles. The van der Waals surface area contributed by atoms with Crippen molar-refractivity contribution in [1.29, 1.82) is 0 Å². The quantitative estimate of drug-likeness (QED) is 0.805. The highest BCUT2D eigenvalue weighted by molar-refractivity contribution is 5.94. The van der Waals surface area contributed by atoms with E-state index in [0.717, 1.165) is 19.5 Å². The van der Waals surface area contributed by atoms with Crippen molar-refractivity contribution in [1.82, 2.24) is 5.32 Å². The second-order valence-corrected chi connectivity index (χ2v) is 4.68. The topological polar surface area (TPSA) is 67.4 Å². The molecular weight excluding hydrogens is 244 g/mol. The van der Waals surface area contributed by atoms with Crippen LogP contribution in [-0.4, -0.2) is 32.1 Å². The first-order chi connectivity index (χ1) is 9.19. The van der Waals surface area contributed by atoms with E-state index in [-0.39, 0.29) is 5.91 Å². The molecule has 0 aliphatic carbocycles. The first-order valence-corrected chi connectivity index (χ1v) is 6.38. The van der Waals surface area contributed by atoms with Crippen LogP contribution in [0.3, 0.4) is 0 Å². The van der Waals surface area contributed by atoms with E-state index in [1.54, 1.807) is 24.3 Å². The van der Waals surface area contributed by atoms with Gasteiger partial charge in [-0.05, 0) is 43.6 Å². The molecule has 1 aliphatic heterocycles. The summed E-state index contributed by atoms with van der Waals surface area (Å²) in [5, 5.41) is 6.05. The molecule has 0 radical (unpaired) electrons. The predicted molar refractivity (Wildman–Crippen MR) is 72.0 cm³/mol. The maximum Gasteiger partial charge on any atom is 0.337 e. The molecule has 1 amide bonds. The maximum atomic E-state index is 11.9. The van der Waals surface area contributed by atoms with Gasteiger partial charge in [0.2, 0.25) is 5.91 Å². The van der Waals surface area contributed by atoms with Crippen LogP contribution >= 0.6 is 0 Å². The van der Waals surface area contributed by atoms with E-state index in [4.69, 9.17) is 0 Å². The summed E-state index contributed by atoms with van der Waals surface area (Å²) < 4.78 is 4.64. The van der Waals surface area contributed by atoms with Crippen molar-refractivity contribution in [2.24, 2.45) is 5.92 Å². The maximum absolute atomic E-state index is 11.9. The van der Waals surface area contributed by atoms with Crippen LogP contribution in [0.5, 0.6) is 0 Å². The molecule has 2 N–H and O–H groups in total. The molecule has 1 saturated heterocycles. The zero-order valence-electron chi connectivity index (χ0n) is 10.9. The Bertz CT molecular complexity index is 468. The lowest BCUT2D eigenvalue weighted by Crippen LogP contribution is -2.18. The lowest BCUT2D eigenvalue weighted by Gasteiger charge is -2.09. The van der Waals surface area contributed by atoms with Crippen molar-refractivity contribution in [2.45, 2.75) is 12.8 Å². The Labute approximate surface area is 112 Å². The number of ether oxygens (including phenoxy) is 1. The SMILES string of the molecule is COC(=O)c1cccc(NC(=O)CC2CCNC2)c1. The summed E-state index contributed by atoms with van der Waals surface area (Å²) in [5.41, 5.74) is 1.06. The molecule has 0 aromatic heterocycles. The van der Waals surface area contributed by atoms with E-state index in [2.05, 4.69) is 15.4 Å². The average molecular weight is 262 g/mol. The van der Waals surface area contributed by atoms with Crippen molar-refractivity contribution >= 4 is 17.6 Å². The molecule has 5 nitrogen and oxygen atoms in total. The molecular formula is C14H18N2O3. The smallest absolute Gasteiger partial charge is 0.337 e. The molecule has 1 aromatic carbocycles. The Hall–Kier alpha value is -1.88. The molecule has 1 unspecified atom stereocenters. The summed E-state index contributed by atoms with van der Waals surface area (Å²) in [6.07, 6.45) is 1.55. The molecule has 19 heavy (non-hydrogen) atoms. The minimum Gasteiger partial charge on any atom is -0.465 e. The van der Waals surface area contributed by atoms with E-state index in [9.17, 15) is 9.59 Å². The minimum absolute atomic E-state index is 0.0179. The van der Waals surface area contributed by atoms with Crippen LogP contribution in [0.15, 0.2) is 24.3 Å². The van der Waals surface area contributed by atoms with Crippen LogP contribution in [-0.2, 0) is 9.53 Å². The fourth-order valence-corrected chi connectivity index (χ4v) is 2.20. The highest BCUT2D eigenvalue weighted by Gasteiger charge is 2.18. The van der Waals surface area contributed by atoms with Gasteiger partial charge >= 0.3 is 5.97 Å². The molecule has 0 saturated carbocycles. The molecule has 1 atom stereocenters. The van der Waals surface area contributed by atoms with Crippen molar-refractivity contribution in [3.05, 3.63) is 29.8 Å². The van der Waals surface area contributed by atoms with Crippen LogP contribution in [0.1, 0.15) is 23.2 Å². The van der Waals surface area contributed by atoms with Gasteiger partial charge in [-0.2, -0.15) is 0 Å². The number of hydrogen-bond acceptors (Lipinski definition) is 4. The zero-order valence-corrected chi connectivity index (χ0v) is 10.9. The van der Waals surface area contributed by atoms with E-state index >= 15 is 0 Å². The van der Waals surface area contributed by atoms with Gasteiger partial charge in [0.1, 0.15) is 0 Å². The standard InChI is InChI=1S/C14H18N2O3/c1-19-14(18)11-3-2-4-12(8-11)16-13(17)7-10-5-6-15-9-10/h2-4,8,10,15H,5-7,9H2,1H3,(H,16,17). The number of esters is 1. The molecule has 2 rings (SSSR count). The first kappa shape index (κ1) is 13.5. The van der Waals surface area contributed by atoms with E-state index in [0.29, 0.717) is 23.6 Å². The Kier molecular flexibility index (Phi) is 4.52. The molecule has 1 aliphatic rings. The number of nitrogens with one attached hydrogen (secondary N) is 2. The van der Waals surface area contributed by atoms with Crippen LogP contribution in [0.25, 0.3) is 0 Å². The van der Waals surface area contributed by atoms with E-state index in [1.165, 1.54) is 7.11 Å². The summed E-state index contributed by atoms with van der Waals surface area (Å²) >= 11 is 0. The summed E-state index contributed by atoms with van der Waals surface area (Å²) in [4.78, 5) is 23.3. The van der Waals surface area contributed by atoms with Gasteiger partial charge in [-0.25, -0.2) is 4.79 Å². The Balaban J connectivity index is 1.94.